The molecule has 6 rings (SSSR count). The molecule has 6 aromatic rings. The van der Waals surface area contributed by atoms with Crippen LogP contribution >= 0.6 is 38.9 Å². The van der Waals surface area contributed by atoms with Gasteiger partial charge in [-0.25, -0.2) is 14.3 Å². The third kappa shape index (κ3) is 5.00. The lowest BCUT2D eigenvalue weighted by Crippen LogP contribution is -1.99. The van der Waals surface area contributed by atoms with Crippen molar-refractivity contribution in [2.45, 2.75) is 13.5 Å². The maximum Gasteiger partial charge on any atom is 0.124 e. The normalized spacial score (nSPS) is 11.2. The van der Waals surface area contributed by atoms with E-state index in [1.807, 2.05) is 95.4 Å². The van der Waals surface area contributed by atoms with Crippen LogP contribution < -0.4 is 0 Å². The summed E-state index contributed by atoms with van der Waals surface area (Å²) in [5, 5.41) is 15.6. The fourth-order valence-corrected chi connectivity index (χ4v) is 5.51. The quantitative estimate of drug-likeness (QED) is 0.200. The largest absolute Gasteiger partial charge is 0.247 e. The monoisotopic (exact) mass is 586 g/mol. The average Bonchev–Trinajstić information content (AvgIpc) is 3.65. The molecule has 3 aromatic carbocycles. The second-order valence-electron chi connectivity index (χ2n) is 8.54. The van der Waals surface area contributed by atoms with Gasteiger partial charge >= 0.3 is 0 Å². The minimum Gasteiger partial charge on any atom is -0.247 e. The summed E-state index contributed by atoms with van der Waals surface area (Å²) in [7, 11) is 0. The lowest BCUT2D eigenvalue weighted by molar-refractivity contribution is 0.650. The van der Waals surface area contributed by atoms with E-state index in [9.17, 15) is 0 Å². The summed E-state index contributed by atoms with van der Waals surface area (Å²) in [5.41, 5.74) is 6.55. The molecule has 0 aliphatic rings. The van der Waals surface area contributed by atoms with E-state index in [-0.39, 0.29) is 0 Å². The van der Waals surface area contributed by atoms with Gasteiger partial charge in [-0.2, -0.15) is 5.10 Å². The summed E-state index contributed by atoms with van der Waals surface area (Å²) in [6.07, 6.45) is 3.97. The molecule has 0 atom stereocenters. The molecular formula is C28H20BrClN6S. The Bertz CT molecular complexity index is 1670. The molecule has 182 valence electrons. The number of halogens is 2. The highest BCUT2D eigenvalue weighted by atomic mass is 79.9. The van der Waals surface area contributed by atoms with Gasteiger partial charge in [0.05, 0.1) is 34.6 Å². The predicted molar refractivity (Wildman–Crippen MR) is 152 cm³/mol. The lowest BCUT2D eigenvalue weighted by Gasteiger charge is -2.00. The van der Waals surface area contributed by atoms with Gasteiger partial charge in [0.25, 0.3) is 0 Å². The summed E-state index contributed by atoms with van der Waals surface area (Å²) < 4.78 is 4.76. The highest BCUT2D eigenvalue weighted by molar-refractivity contribution is 9.10. The second kappa shape index (κ2) is 10.0. The average molecular weight is 588 g/mol. The Morgan fingerprint density at radius 1 is 0.919 bits per heavy atom. The molecule has 0 radical (unpaired) electrons. The molecule has 0 saturated heterocycles. The molecule has 3 aromatic heterocycles. The molecule has 6 nitrogen and oxygen atoms in total. The topological polar surface area (TPSA) is 61.4 Å². The summed E-state index contributed by atoms with van der Waals surface area (Å²) in [6, 6.07) is 26.0. The van der Waals surface area contributed by atoms with Crippen molar-refractivity contribution in [3.63, 3.8) is 0 Å². The molecule has 9 heteroatoms. The van der Waals surface area contributed by atoms with Gasteiger partial charge in [0.1, 0.15) is 16.4 Å². The minimum absolute atomic E-state index is 0.597. The van der Waals surface area contributed by atoms with Crippen molar-refractivity contribution in [1.82, 2.24) is 29.8 Å². The number of rotatable bonds is 6. The van der Waals surface area contributed by atoms with Gasteiger partial charge in [-0.05, 0) is 48.9 Å². The van der Waals surface area contributed by atoms with Crippen LogP contribution in [0.3, 0.4) is 0 Å². The number of para-hydroxylation sites is 1. The SMILES string of the molecule is Cc1nc(-c2ccc(Br)cc2)sc1-c1nn(-c2ccccc2)cc1-c1cn(Cc2ccc(Cl)cc2)nn1. The van der Waals surface area contributed by atoms with Gasteiger partial charge in [-0.15, -0.1) is 16.4 Å². The first-order valence-corrected chi connectivity index (χ1v) is 13.6. The van der Waals surface area contributed by atoms with E-state index in [4.69, 9.17) is 21.7 Å². The zero-order valence-electron chi connectivity index (χ0n) is 19.7. The molecule has 0 amide bonds. The molecule has 0 aliphatic heterocycles. The molecule has 0 saturated carbocycles. The van der Waals surface area contributed by atoms with E-state index in [1.54, 1.807) is 11.3 Å². The molecule has 0 aliphatic carbocycles. The van der Waals surface area contributed by atoms with Gasteiger partial charge in [-0.3, -0.25) is 0 Å². The van der Waals surface area contributed by atoms with Crippen LogP contribution in [0.15, 0.2) is 95.7 Å². The number of nitrogens with zero attached hydrogens (tertiary/aromatic N) is 6. The lowest BCUT2D eigenvalue weighted by atomic mass is 10.1. The Morgan fingerprint density at radius 2 is 1.68 bits per heavy atom. The van der Waals surface area contributed by atoms with Crippen LogP contribution in [-0.4, -0.2) is 29.8 Å². The first-order valence-electron chi connectivity index (χ1n) is 11.6. The van der Waals surface area contributed by atoms with Crippen molar-refractivity contribution < 1.29 is 0 Å². The van der Waals surface area contributed by atoms with Crippen molar-refractivity contribution in [3.05, 3.63) is 112 Å². The predicted octanol–water partition coefficient (Wildman–Crippen LogP) is 7.69. The molecule has 0 spiro atoms. The Hall–Kier alpha value is -3.59. The van der Waals surface area contributed by atoms with Crippen LogP contribution in [0.5, 0.6) is 0 Å². The van der Waals surface area contributed by atoms with E-state index in [0.717, 1.165) is 53.8 Å². The van der Waals surface area contributed by atoms with E-state index < -0.39 is 0 Å². The molecule has 0 unspecified atom stereocenters. The first kappa shape index (κ1) is 23.8. The summed E-state index contributed by atoms with van der Waals surface area (Å²) in [5.74, 6) is 0. The molecule has 0 bridgehead atoms. The first-order chi connectivity index (χ1) is 18.0. The second-order valence-corrected chi connectivity index (χ2v) is 10.9. The van der Waals surface area contributed by atoms with Gasteiger partial charge < -0.3 is 0 Å². The molecule has 0 fully saturated rings. The maximum atomic E-state index is 6.04. The number of aromatic nitrogens is 6. The number of thiazole rings is 1. The standard InChI is InChI=1S/C28H20BrClN6S/c1-18-27(37-28(31-18)20-9-11-21(29)12-10-20)26-24(16-36(33-26)23-5-3-2-4-6-23)25-17-35(34-32-25)15-19-7-13-22(30)14-8-19/h2-14,16-17H,15H2,1H3. The van der Waals surface area contributed by atoms with Gasteiger partial charge in [0.2, 0.25) is 0 Å². The van der Waals surface area contributed by atoms with Crippen molar-refractivity contribution in [1.29, 1.82) is 0 Å². The zero-order chi connectivity index (χ0) is 25.4. The van der Waals surface area contributed by atoms with E-state index in [1.165, 1.54) is 0 Å². The zero-order valence-corrected chi connectivity index (χ0v) is 22.9. The van der Waals surface area contributed by atoms with Crippen molar-refractivity contribution in [2.24, 2.45) is 0 Å². The third-order valence-electron chi connectivity index (χ3n) is 5.91. The third-order valence-corrected chi connectivity index (χ3v) is 7.90. The van der Waals surface area contributed by atoms with Crippen LogP contribution in [0, 0.1) is 6.92 Å². The Kier molecular flexibility index (Phi) is 6.46. The van der Waals surface area contributed by atoms with E-state index >= 15 is 0 Å². The summed E-state index contributed by atoms with van der Waals surface area (Å²) >= 11 is 11.2. The van der Waals surface area contributed by atoms with Crippen LogP contribution in [0.1, 0.15) is 11.3 Å². The minimum atomic E-state index is 0.597. The van der Waals surface area contributed by atoms with E-state index in [0.29, 0.717) is 11.6 Å². The molecular weight excluding hydrogens is 568 g/mol. The fourth-order valence-electron chi connectivity index (χ4n) is 4.05. The van der Waals surface area contributed by atoms with Crippen molar-refractivity contribution in [3.8, 4) is 38.1 Å². The summed E-state index contributed by atoms with van der Waals surface area (Å²) in [4.78, 5) is 5.88. The number of aryl methyl sites for hydroxylation is 1. The molecule has 37 heavy (non-hydrogen) atoms. The fraction of sp³-hybridized carbons (Fsp3) is 0.0714. The summed E-state index contributed by atoms with van der Waals surface area (Å²) in [6.45, 7) is 2.62. The molecule has 3 heterocycles. The van der Waals surface area contributed by atoms with Crippen molar-refractivity contribution >= 4 is 38.9 Å². The smallest absolute Gasteiger partial charge is 0.124 e. The Balaban J connectivity index is 1.42. The number of hydrogen-bond donors (Lipinski definition) is 0. The number of hydrogen-bond acceptors (Lipinski definition) is 5. The van der Waals surface area contributed by atoms with Crippen LogP contribution in [0.2, 0.25) is 5.02 Å². The van der Waals surface area contributed by atoms with Gasteiger partial charge in [0, 0.05) is 21.3 Å². The Labute approximate surface area is 231 Å². The van der Waals surface area contributed by atoms with Gasteiger partial charge in [0.15, 0.2) is 0 Å². The van der Waals surface area contributed by atoms with Crippen molar-refractivity contribution in [2.75, 3.05) is 0 Å². The van der Waals surface area contributed by atoms with E-state index in [2.05, 4.69) is 38.4 Å². The van der Waals surface area contributed by atoms with Gasteiger partial charge in [-0.1, -0.05) is 75.2 Å². The maximum absolute atomic E-state index is 6.04. The Morgan fingerprint density at radius 3 is 2.43 bits per heavy atom. The number of benzene rings is 3. The molecule has 0 N–H and O–H groups in total. The van der Waals surface area contributed by atoms with Crippen LogP contribution in [0.25, 0.3) is 38.1 Å². The highest BCUT2D eigenvalue weighted by Gasteiger charge is 2.22. The van der Waals surface area contributed by atoms with Crippen LogP contribution in [-0.2, 0) is 6.54 Å². The highest BCUT2D eigenvalue weighted by Crippen LogP contribution is 2.39. The van der Waals surface area contributed by atoms with Crippen LogP contribution in [0.4, 0.5) is 0 Å².